The van der Waals surface area contributed by atoms with Crippen molar-refractivity contribution in [2.75, 3.05) is 6.61 Å². The predicted octanol–water partition coefficient (Wildman–Crippen LogP) is 9.91. The maximum Gasteiger partial charge on any atom is 0.159 e. The van der Waals surface area contributed by atoms with Gasteiger partial charge in [-0.2, -0.15) is 0 Å². The lowest BCUT2D eigenvalue weighted by molar-refractivity contribution is 0.301. The molecule has 2 aromatic rings. The molecule has 1 aromatic heterocycles. The summed E-state index contributed by atoms with van der Waals surface area (Å²) in [4.78, 5) is 9.43. The molecule has 1 aliphatic rings. The van der Waals surface area contributed by atoms with Gasteiger partial charge in [0.2, 0.25) is 0 Å². The molecule has 0 unspecified atom stereocenters. The zero-order chi connectivity index (χ0) is 24.6. The Morgan fingerprint density at radius 2 is 1.26 bits per heavy atom. The van der Waals surface area contributed by atoms with Gasteiger partial charge in [0.1, 0.15) is 5.75 Å². The lowest BCUT2D eigenvalue weighted by atomic mass is 9.77. The summed E-state index contributed by atoms with van der Waals surface area (Å²) in [7, 11) is 0. The van der Waals surface area contributed by atoms with Crippen LogP contribution in [0, 0.1) is 5.92 Å². The van der Waals surface area contributed by atoms with E-state index >= 15 is 0 Å². The fourth-order valence-corrected chi connectivity index (χ4v) is 5.47. The molecule has 0 N–H and O–H groups in total. The van der Waals surface area contributed by atoms with E-state index in [2.05, 4.69) is 50.5 Å². The van der Waals surface area contributed by atoms with Gasteiger partial charge in [0, 0.05) is 18.0 Å². The Hall–Kier alpha value is -1.90. The third kappa shape index (κ3) is 10.3. The molecule has 3 rings (SSSR count). The maximum absolute atomic E-state index is 5.93. The van der Waals surface area contributed by atoms with Gasteiger partial charge in [-0.25, -0.2) is 9.97 Å². The summed E-state index contributed by atoms with van der Waals surface area (Å²) in [5, 5.41) is 0. The zero-order valence-electron chi connectivity index (χ0n) is 22.6. The third-order valence-corrected chi connectivity index (χ3v) is 7.84. The van der Waals surface area contributed by atoms with Crippen LogP contribution in [0.4, 0.5) is 0 Å². The van der Waals surface area contributed by atoms with E-state index in [9.17, 15) is 0 Å². The topological polar surface area (TPSA) is 35.0 Å². The minimum atomic E-state index is 0.641. The minimum absolute atomic E-state index is 0.641. The molecular formula is C32H50N2O. The van der Waals surface area contributed by atoms with Crippen LogP contribution >= 0.6 is 0 Å². The molecule has 0 spiro atoms. The monoisotopic (exact) mass is 478 g/mol. The first-order valence-corrected chi connectivity index (χ1v) is 14.8. The minimum Gasteiger partial charge on any atom is -0.494 e. The number of nitrogens with zero attached hydrogens (tertiary/aromatic N) is 2. The fraction of sp³-hybridized carbons (Fsp3) is 0.688. The first-order valence-electron chi connectivity index (χ1n) is 14.8. The molecule has 0 atom stereocenters. The largest absolute Gasteiger partial charge is 0.494 e. The molecule has 1 fully saturated rings. The Bertz CT molecular complexity index is 778. The van der Waals surface area contributed by atoms with Gasteiger partial charge in [0.25, 0.3) is 0 Å². The van der Waals surface area contributed by atoms with Crippen LogP contribution in [0.15, 0.2) is 36.7 Å². The molecule has 0 amide bonds. The molecule has 35 heavy (non-hydrogen) atoms. The normalized spacial score (nSPS) is 18.0. The van der Waals surface area contributed by atoms with E-state index in [1.54, 1.807) is 0 Å². The van der Waals surface area contributed by atoms with Gasteiger partial charge in [0.15, 0.2) is 5.82 Å². The molecule has 194 valence electrons. The molecule has 1 heterocycles. The van der Waals surface area contributed by atoms with Gasteiger partial charge in [0.05, 0.1) is 6.61 Å². The summed E-state index contributed by atoms with van der Waals surface area (Å²) in [5.74, 6) is 3.34. The van der Waals surface area contributed by atoms with Gasteiger partial charge in [-0.05, 0) is 73.8 Å². The average molecular weight is 479 g/mol. The second-order valence-corrected chi connectivity index (χ2v) is 10.8. The molecule has 3 nitrogen and oxygen atoms in total. The van der Waals surface area contributed by atoms with Crippen LogP contribution in [-0.2, 0) is 0 Å². The molecule has 0 radical (unpaired) electrons. The molecule has 0 bridgehead atoms. The highest BCUT2D eigenvalue weighted by Crippen LogP contribution is 2.37. The van der Waals surface area contributed by atoms with Crippen LogP contribution in [-0.4, -0.2) is 16.6 Å². The smallest absolute Gasteiger partial charge is 0.159 e. The quantitative estimate of drug-likeness (QED) is 0.212. The molecule has 3 heteroatoms. The second kappa shape index (κ2) is 16.7. The van der Waals surface area contributed by atoms with Crippen molar-refractivity contribution in [3.63, 3.8) is 0 Å². The van der Waals surface area contributed by atoms with Gasteiger partial charge in [-0.3, -0.25) is 0 Å². The molecular weight excluding hydrogens is 428 g/mol. The molecule has 1 aliphatic carbocycles. The Balaban J connectivity index is 1.35. The molecule has 1 saturated carbocycles. The number of unbranched alkanes of at least 4 members (excludes halogenated alkanes) is 10. The Morgan fingerprint density at radius 1 is 0.686 bits per heavy atom. The third-order valence-electron chi connectivity index (χ3n) is 7.84. The Morgan fingerprint density at radius 3 is 1.89 bits per heavy atom. The van der Waals surface area contributed by atoms with Crippen molar-refractivity contribution in [1.29, 1.82) is 0 Å². The lowest BCUT2D eigenvalue weighted by Gasteiger charge is -2.28. The van der Waals surface area contributed by atoms with E-state index in [0.29, 0.717) is 5.92 Å². The van der Waals surface area contributed by atoms with Gasteiger partial charge in [-0.15, -0.1) is 0 Å². The van der Waals surface area contributed by atoms with E-state index < -0.39 is 0 Å². The maximum atomic E-state index is 5.93. The van der Waals surface area contributed by atoms with Crippen LogP contribution in [0.1, 0.15) is 134 Å². The van der Waals surface area contributed by atoms with Crippen LogP contribution in [0.25, 0.3) is 11.4 Å². The number of rotatable bonds is 17. The van der Waals surface area contributed by atoms with Crippen molar-refractivity contribution in [1.82, 2.24) is 9.97 Å². The van der Waals surface area contributed by atoms with Crippen molar-refractivity contribution in [3.8, 4) is 17.1 Å². The Kier molecular flexibility index (Phi) is 13.2. The Labute approximate surface area is 215 Å². The zero-order valence-corrected chi connectivity index (χ0v) is 22.6. The summed E-state index contributed by atoms with van der Waals surface area (Å²) in [6, 6.07) is 8.27. The number of hydrogen-bond donors (Lipinski definition) is 0. The van der Waals surface area contributed by atoms with Crippen molar-refractivity contribution >= 4 is 0 Å². The molecule has 0 saturated heterocycles. The number of benzene rings is 1. The second-order valence-electron chi connectivity index (χ2n) is 10.8. The summed E-state index contributed by atoms with van der Waals surface area (Å²) in [6.45, 7) is 5.36. The first-order chi connectivity index (χ1) is 17.3. The summed E-state index contributed by atoms with van der Waals surface area (Å²) < 4.78 is 5.93. The highest BCUT2D eigenvalue weighted by molar-refractivity contribution is 5.56. The van der Waals surface area contributed by atoms with Crippen LogP contribution in [0.2, 0.25) is 0 Å². The number of hydrogen-bond acceptors (Lipinski definition) is 3. The highest BCUT2D eigenvalue weighted by atomic mass is 16.5. The first kappa shape index (κ1) is 27.7. The van der Waals surface area contributed by atoms with Gasteiger partial charge < -0.3 is 4.74 Å². The standard InChI is InChI=1S/C32H50N2O/c1-3-5-7-9-10-12-14-24-35-31-22-20-29(21-23-31)32-33-25-30(26-34-32)28-18-16-27(17-19-28)15-13-11-8-6-4-2/h20-23,25-28H,3-19,24H2,1-2H3/t27-,28-. The van der Waals surface area contributed by atoms with E-state index in [-0.39, 0.29) is 0 Å². The van der Waals surface area contributed by atoms with Crippen molar-refractivity contribution in [2.45, 2.75) is 129 Å². The van der Waals surface area contributed by atoms with Crippen LogP contribution < -0.4 is 4.74 Å². The lowest BCUT2D eigenvalue weighted by Crippen LogP contribution is -2.14. The van der Waals surface area contributed by atoms with Crippen molar-refractivity contribution < 1.29 is 4.74 Å². The molecule has 1 aromatic carbocycles. The van der Waals surface area contributed by atoms with Crippen LogP contribution in [0.5, 0.6) is 5.75 Å². The summed E-state index contributed by atoms with van der Waals surface area (Å²) in [5.41, 5.74) is 2.39. The number of ether oxygens (including phenoxy) is 1. The van der Waals surface area contributed by atoms with Crippen molar-refractivity contribution in [2.24, 2.45) is 5.92 Å². The predicted molar refractivity (Wildman–Crippen MR) is 149 cm³/mol. The van der Waals surface area contributed by atoms with Gasteiger partial charge in [-0.1, -0.05) is 90.9 Å². The highest BCUT2D eigenvalue weighted by Gasteiger charge is 2.22. The van der Waals surface area contributed by atoms with E-state index in [4.69, 9.17) is 14.7 Å². The van der Waals surface area contributed by atoms with Crippen LogP contribution in [0.3, 0.4) is 0 Å². The fourth-order valence-electron chi connectivity index (χ4n) is 5.47. The molecule has 0 aliphatic heterocycles. The summed E-state index contributed by atoms with van der Waals surface area (Å²) >= 11 is 0. The van der Waals surface area contributed by atoms with E-state index in [1.165, 1.54) is 108 Å². The van der Waals surface area contributed by atoms with E-state index in [0.717, 1.165) is 36.1 Å². The van der Waals surface area contributed by atoms with Crippen molar-refractivity contribution in [3.05, 3.63) is 42.2 Å². The number of aromatic nitrogens is 2. The van der Waals surface area contributed by atoms with Gasteiger partial charge >= 0.3 is 0 Å². The van der Waals surface area contributed by atoms with E-state index in [1.807, 2.05) is 0 Å². The SMILES string of the molecule is CCCCCCCCCOc1ccc(-c2ncc([C@H]3CC[C@H](CCCCCCC)CC3)cn2)cc1. The summed E-state index contributed by atoms with van der Waals surface area (Å²) in [6.07, 6.45) is 27.1. The average Bonchev–Trinajstić information content (AvgIpc) is 2.91.